The number of primary amides is 1. The molecule has 0 aliphatic heterocycles. The summed E-state index contributed by atoms with van der Waals surface area (Å²) in [7, 11) is 0. The number of hydrogen-bond acceptors (Lipinski definition) is 3. The van der Waals surface area contributed by atoms with Gasteiger partial charge in [-0.3, -0.25) is 9.59 Å². The molecule has 0 unspecified atom stereocenters. The maximum absolute atomic E-state index is 12.4. The van der Waals surface area contributed by atoms with Crippen molar-refractivity contribution < 1.29 is 14.0 Å². The van der Waals surface area contributed by atoms with Gasteiger partial charge in [-0.25, -0.2) is 0 Å². The normalized spacial score (nSPS) is 21.7. The molecule has 2 amide bonds. The second-order valence-electron chi connectivity index (χ2n) is 5.64. The Hall–Kier alpha value is -2.01. The number of furan rings is 1. The van der Waals surface area contributed by atoms with Crippen LogP contribution in [-0.4, -0.2) is 17.9 Å². The number of hydrogen-bond donors (Lipinski definition) is 2. The zero-order valence-corrected chi connectivity index (χ0v) is 12.7. The van der Waals surface area contributed by atoms with Crippen molar-refractivity contribution >= 4 is 34.4 Å². The van der Waals surface area contributed by atoms with Gasteiger partial charge in [-0.1, -0.05) is 36.6 Å². The Morgan fingerprint density at radius 3 is 2.77 bits per heavy atom. The van der Waals surface area contributed by atoms with Crippen LogP contribution in [0.5, 0.6) is 0 Å². The Bertz CT molecular complexity index is 725. The number of carbonyl (C=O) groups is 2. The first-order valence-electron chi connectivity index (χ1n) is 7.34. The Morgan fingerprint density at radius 2 is 2.05 bits per heavy atom. The van der Waals surface area contributed by atoms with Crippen LogP contribution >= 0.6 is 11.6 Å². The molecule has 1 aromatic heterocycles. The topological polar surface area (TPSA) is 85.3 Å². The van der Waals surface area contributed by atoms with E-state index in [9.17, 15) is 9.59 Å². The molecule has 1 aliphatic rings. The molecule has 2 atom stereocenters. The monoisotopic (exact) mass is 320 g/mol. The quantitative estimate of drug-likeness (QED) is 0.911. The number of rotatable bonds is 3. The van der Waals surface area contributed by atoms with Crippen LogP contribution in [0.25, 0.3) is 11.0 Å². The number of benzene rings is 1. The van der Waals surface area contributed by atoms with Crippen LogP contribution in [0.2, 0.25) is 5.02 Å². The van der Waals surface area contributed by atoms with E-state index in [1.165, 1.54) is 0 Å². The number of nitrogens with two attached hydrogens (primary N) is 1. The second-order valence-corrected chi connectivity index (χ2v) is 6.05. The summed E-state index contributed by atoms with van der Waals surface area (Å²) in [5, 5.41) is 4.10. The van der Waals surface area contributed by atoms with Gasteiger partial charge in [0.1, 0.15) is 0 Å². The molecule has 0 radical (unpaired) electrons. The number of fused-ring (bicyclic) bond motifs is 1. The highest BCUT2D eigenvalue weighted by atomic mass is 35.5. The molecule has 5 nitrogen and oxygen atoms in total. The Balaban J connectivity index is 1.80. The van der Waals surface area contributed by atoms with Gasteiger partial charge in [0.15, 0.2) is 11.3 Å². The average Bonchev–Trinajstić information content (AvgIpc) is 2.93. The SMILES string of the molecule is NC(=O)[C@H]1CCCC[C@H]1NC(=O)c1cc2cccc(Cl)c2o1. The van der Waals surface area contributed by atoms with Gasteiger partial charge in [-0.05, 0) is 25.0 Å². The predicted octanol–water partition coefficient (Wildman–Crippen LogP) is 2.86. The first kappa shape index (κ1) is 14.9. The van der Waals surface area contributed by atoms with E-state index in [0.29, 0.717) is 17.0 Å². The molecule has 3 N–H and O–H groups in total. The van der Waals surface area contributed by atoms with E-state index in [4.69, 9.17) is 21.8 Å². The fourth-order valence-corrected chi connectivity index (χ4v) is 3.24. The summed E-state index contributed by atoms with van der Waals surface area (Å²) in [6.45, 7) is 0. The van der Waals surface area contributed by atoms with Crippen molar-refractivity contribution in [1.29, 1.82) is 0 Å². The summed E-state index contributed by atoms with van der Waals surface area (Å²) in [5.41, 5.74) is 5.91. The highest BCUT2D eigenvalue weighted by Gasteiger charge is 2.31. The molecule has 6 heteroatoms. The minimum absolute atomic E-state index is 0.192. The van der Waals surface area contributed by atoms with Gasteiger partial charge in [-0.15, -0.1) is 0 Å². The van der Waals surface area contributed by atoms with Crippen molar-refractivity contribution in [3.05, 3.63) is 35.0 Å². The molecule has 116 valence electrons. The van der Waals surface area contributed by atoms with E-state index in [2.05, 4.69) is 5.32 Å². The molecule has 0 saturated heterocycles. The van der Waals surface area contributed by atoms with Crippen molar-refractivity contribution in [2.24, 2.45) is 11.7 Å². The highest BCUT2D eigenvalue weighted by molar-refractivity contribution is 6.34. The van der Waals surface area contributed by atoms with Crippen molar-refractivity contribution in [2.75, 3.05) is 0 Å². The first-order valence-corrected chi connectivity index (χ1v) is 7.72. The largest absolute Gasteiger partial charge is 0.449 e. The van der Waals surface area contributed by atoms with E-state index < -0.39 is 0 Å². The van der Waals surface area contributed by atoms with Gasteiger partial charge in [-0.2, -0.15) is 0 Å². The van der Waals surface area contributed by atoms with Gasteiger partial charge in [0, 0.05) is 11.4 Å². The van der Waals surface area contributed by atoms with Crippen LogP contribution in [-0.2, 0) is 4.79 Å². The van der Waals surface area contributed by atoms with Crippen LogP contribution < -0.4 is 11.1 Å². The molecule has 22 heavy (non-hydrogen) atoms. The minimum Gasteiger partial charge on any atom is -0.449 e. The van der Waals surface area contributed by atoms with Gasteiger partial charge >= 0.3 is 0 Å². The fraction of sp³-hybridized carbons (Fsp3) is 0.375. The lowest BCUT2D eigenvalue weighted by molar-refractivity contribution is -0.123. The number of halogens is 1. The van der Waals surface area contributed by atoms with E-state index in [1.807, 2.05) is 6.07 Å². The zero-order chi connectivity index (χ0) is 15.7. The lowest BCUT2D eigenvalue weighted by Gasteiger charge is -2.29. The minimum atomic E-state index is -0.363. The molecule has 3 rings (SSSR count). The first-order chi connectivity index (χ1) is 10.6. The van der Waals surface area contributed by atoms with Crippen LogP contribution in [0.15, 0.2) is 28.7 Å². The Labute approximate surface area is 132 Å². The lowest BCUT2D eigenvalue weighted by Crippen LogP contribution is -2.47. The summed E-state index contributed by atoms with van der Waals surface area (Å²) in [6, 6.07) is 6.75. The predicted molar refractivity (Wildman–Crippen MR) is 83.6 cm³/mol. The standard InChI is InChI=1S/C16H17ClN2O3/c17-11-6-3-4-9-8-13(22-14(9)11)16(21)19-12-7-2-1-5-10(12)15(18)20/h3-4,6,8,10,12H,1-2,5,7H2,(H2,18,20)(H,19,21)/t10-,12+/m0/s1. The zero-order valence-electron chi connectivity index (χ0n) is 12.0. The molecule has 1 aromatic carbocycles. The molecule has 0 bridgehead atoms. The Kier molecular flexibility index (Phi) is 4.07. The van der Waals surface area contributed by atoms with Gasteiger partial charge < -0.3 is 15.5 Å². The van der Waals surface area contributed by atoms with Crippen LogP contribution in [0.4, 0.5) is 0 Å². The van der Waals surface area contributed by atoms with Crippen LogP contribution in [0.3, 0.4) is 0 Å². The van der Waals surface area contributed by atoms with E-state index in [-0.39, 0.29) is 29.5 Å². The maximum Gasteiger partial charge on any atom is 0.287 e. The molecular weight excluding hydrogens is 304 g/mol. The van der Waals surface area contributed by atoms with Gasteiger partial charge in [0.2, 0.25) is 5.91 Å². The van der Waals surface area contributed by atoms with Crippen LogP contribution in [0.1, 0.15) is 36.2 Å². The summed E-state index contributed by atoms with van der Waals surface area (Å²) in [4.78, 5) is 23.9. The van der Waals surface area contributed by atoms with E-state index in [0.717, 1.165) is 24.6 Å². The number of carbonyl (C=O) groups excluding carboxylic acids is 2. The van der Waals surface area contributed by atoms with Gasteiger partial charge in [0.05, 0.1) is 10.9 Å². The average molecular weight is 321 g/mol. The number of para-hydroxylation sites is 1. The fourth-order valence-electron chi connectivity index (χ4n) is 3.02. The second kappa shape index (κ2) is 6.01. The van der Waals surface area contributed by atoms with E-state index in [1.54, 1.807) is 18.2 Å². The summed E-state index contributed by atoms with van der Waals surface area (Å²) in [5.74, 6) is -0.828. The smallest absolute Gasteiger partial charge is 0.287 e. The number of amides is 2. The van der Waals surface area contributed by atoms with Crippen LogP contribution in [0, 0.1) is 5.92 Å². The maximum atomic E-state index is 12.4. The highest BCUT2D eigenvalue weighted by Crippen LogP contribution is 2.28. The Morgan fingerprint density at radius 1 is 1.27 bits per heavy atom. The van der Waals surface area contributed by atoms with Crippen molar-refractivity contribution in [1.82, 2.24) is 5.32 Å². The molecule has 0 spiro atoms. The summed E-state index contributed by atoms with van der Waals surface area (Å²) >= 11 is 6.05. The molecular formula is C16H17ClN2O3. The molecule has 1 fully saturated rings. The third-order valence-electron chi connectivity index (χ3n) is 4.17. The van der Waals surface area contributed by atoms with Crippen molar-refractivity contribution in [3.63, 3.8) is 0 Å². The third kappa shape index (κ3) is 2.81. The van der Waals surface area contributed by atoms with Crippen molar-refractivity contribution in [3.8, 4) is 0 Å². The summed E-state index contributed by atoms with van der Waals surface area (Å²) < 4.78 is 5.54. The molecule has 1 heterocycles. The third-order valence-corrected chi connectivity index (χ3v) is 4.47. The lowest BCUT2D eigenvalue weighted by atomic mass is 9.84. The molecule has 2 aromatic rings. The molecule has 1 aliphatic carbocycles. The van der Waals surface area contributed by atoms with E-state index >= 15 is 0 Å². The summed E-state index contributed by atoms with van der Waals surface area (Å²) in [6.07, 6.45) is 3.40. The van der Waals surface area contributed by atoms with Gasteiger partial charge in [0.25, 0.3) is 5.91 Å². The number of nitrogens with one attached hydrogen (secondary N) is 1. The molecule has 1 saturated carbocycles. The van der Waals surface area contributed by atoms with Crippen molar-refractivity contribution in [2.45, 2.75) is 31.7 Å².